The molecule has 0 heterocycles. The summed E-state index contributed by atoms with van der Waals surface area (Å²) in [6.07, 6.45) is -2.43. The summed E-state index contributed by atoms with van der Waals surface area (Å²) >= 11 is 0. The molecule has 0 saturated heterocycles. The molecule has 1 rings (SSSR count). The van der Waals surface area contributed by atoms with Crippen LogP contribution in [0.2, 0.25) is 0 Å². The van der Waals surface area contributed by atoms with E-state index in [4.69, 9.17) is 10.5 Å². The third-order valence-corrected chi connectivity index (χ3v) is 2.05. The van der Waals surface area contributed by atoms with Crippen molar-refractivity contribution in [2.24, 2.45) is 5.73 Å². The molecule has 0 saturated carbocycles. The first-order valence-corrected chi connectivity index (χ1v) is 4.77. The fourth-order valence-electron chi connectivity index (χ4n) is 1.19. The van der Waals surface area contributed by atoms with Crippen LogP contribution < -0.4 is 5.73 Å². The van der Waals surface area contributed by atoms with Crippen LogP contribution in [0.3, 0.4) is 0 Å². The van der Waals surface area contributed by atoms with Crippen molar-refractivity contribution in [1.29, 1.82) is 0 Å². The summed E-state index contributed by atoms with van der Waals surface area (Å²) < 4.78 is 28.3. The van der Waals surface area contributed by atoms with E-state index in [1.807, 2.05) is 31.2 Å². The van der Waals surface area contributed by atoms with E-state index in [9.17, 15) is 8.78 Å². The van der Waals surface area contributed by atoms with Crippen molar-refractivity contribution in [2.45, 2.75) is 19.4 Å². The minimum absolute atomic E-state index is 0.118. The molecule has 0 radical (unpaired) electrons. The molecule has 1 atom stereocenters. The second-order valence-electron chi connectivity index (χ2n) is 3.45. The molecule has 0 aliphatic rings. The maximum atomic E-state index is 11.8. The summed E-state index contributed by atoms with van der Waals surface area (Å²) in [6, 6.07) is 7.28. The predicted octanol–water partition coefficient (Wildman–Crippen LogP) is 2.28. The zero-order valence-corrected chi connectivity index (χ0v) is 8.62. The monoisotopic (exact) mass is 215 g/mol. The molecule has 2 N–H and O–H groups in total. The van der Waals surface area contributed by atoms with Gasteiger partial charge in [-0.05, 0) is 12.5 Å². The Morgan fingerprint density at radius 1 is 1.20 bits per heavy atom. The average Bonchev–Trinajstić information content (AvgIpc) is 2.18. The summed E-state index contributed by atoms with van der Waals surface area (Å²) in [6.45, 7) is 1.54. The van der Waals surface area contributed by atoms with Crippen LogP contribution >= 0.6 is 0 Å². The summed E-state index contributed by atoms with van der Waals surface area (Å²) in [5.74, 6) is 0. The van der Waals surface area contributed by atoms with Gasteiger partial charge in [-0.3, -0.25) is 0 Å². The van der Waals surface area contributed by atoms with Crippen molar-refractivity contribution >= 4 is 0 Å². The number of rotatable bonds is 5. The summed E-state index contributed by atoms with van der Waals surface area (Å²) in [5, 5.41) is 0. The standard InChI is InChI=1S/C11H15F2NO/c1-8-2-4-9(5-3-8)10(14)6-15-7-11(12)13/h2-5,10-11H,6-7,14H2,1H3. The molecular formula is C11H15F2NO. The highest BCUT2D eigenvalue weighted by atomic mass is 19.3. The molecule has 15 heavy (non-hydrogen) atoms. The van der Waals surface area contributed by atoms with Gasteiger partial charge in [0.1, 0.15) is 6.61 Å². The maximum Gasteiger partial charge on any atom is 0.261 e. The Labute approximate surface area is 88.0 Å². The van der Waals surface area contributed by atoms with E-state index in [1.54, 1.807) is 0 Å². The molecule has 0 amide bonds. The minimum Gasteiger partial charge on any atom is -0.374 e. The van der Waals surface area contributed by atoms with Crippen LogP contribution in [-0.2, 0) is 4.74 Å². The molecule has 0 spiro atoms. The van der Waals surface area contributed by atoms with Crippen LogP contribution in [0, 0.1) is 6.92 Å². The molecular weight excluding hydrogens is 200 g/mol. The Hall–Kier alpha value is -1.00. The van der Waals surface area contributed by atoms with E-state index in [0.29, 0.717) is 0 Å². The van der Waals surface area contributed by atoms with Crippen LogP contribution in [-0.4, -0.2) is 19.6 Å². The van der Waals surface area contributed by atoms with Crippen molar-refractivity contribution in [3.63, 3.8) is 0 Å². The second-order valence-corrected chi connectivity index (χ2v) is 3.45. The van der Waals surface area contributed by atoms with E-state index in [-0.39, 0.29) is 12.6 Å². The largest absolute Gasteiger partial charge is 0.374 e. The van der Waals surface area contributed by atoms with Gasteiger partial charge in [0.05, 0.1) is 12.6 Å². The Kier molecular flexibility index (Phi) is 4.65. The molecule has 1 unspecified atom stereocenters. The number of benzene rings is 1. The molecule has 84 valence electrons. The fourth-order valence-corrected chi connectivity index (χ4v) is 1.19. The van der Waals surface area contributed by atoms with Crippen molar-refractivity contribution in [3.8, 4) is 0 Å². The molecule has 1 aromatic carbocycles. The van der Waals surface area contributed by atoms with Gasteiger partial charge in [0, 0.05) is 0 Å². The van der Waals surface area contributed by atoms with Crippen LogP contribution in [0.15, 0.2) is 24.3 Å². The van der Waals surface area contributed by atoms with Crippen molar-refractivity contribution in [1.82, 2.24) is 0 Å². The number of ether oxygens (including phenoxy) is 1. The normalized spacial score (nSPS) is 13.1. The van der Waals surface area contributed by atoms with Crippen molar-refractivity contribution in [2.75, 3.05) is 13.2 Å². The zero-order valence-electron chi connectivity index (χ0n) is 8.62. The highest BCUT2D eigenvalue weighted by Gasteiger charge is 2.08. The molecule has 0 aliphatic carbocycles. The average molecular weight is 215 g/mol. The lowest BCUT2D eigenvalue weighted by Gasteiger charge is -2.12. The number of halogens is 2. The Morgan fingerprint density at radius 2 is 1.80 bits per heavy atom. The Morgan fingerprint density at radius 3 is 2.33 bits per heavy atom. The third kappa shape index (κ3) is 4.36. The number of hydrogen-bond acceptors (Lipinski definition) is 2. The summed E-state index contributed by atoms with van der Waals surface area (Å²) in [4.78, 5) is 0. The molecule has 1 aromatic rings. The zero-order chi connectivity index (χ0) is 11.3. The Bertz CT molecular complexity index is 287. The van der Waals surface area contributed by atoms with Crippen LogP contribution in [0.25, 0.3) is 0 Å². The molecule has 0 aliphatic heterocycles. The van der Waals surface area contributed by atoms with Gasteiger partial charge in [-0.2, -0.15) is 0 Å². The van der Waals surface area contributed by atoms with E-state index >= 15 is 0 Å². The van der Waals surface area contributed by atoms with Crippen molar-refractivity contribution < 1.29 is 13.5 Å². The van der Waals surface area contributed by atoms with Gasteiger partial charge >= 0.3 is 0 Å². The predicted molar refractivity (Wildman–Crippen MR) is 54.9 cm³/mol. The lowest BCUT2D eigenvalue weighted by atomic mass is 10.1. The van der Waals surface area contributed by atoms with E-state index in [2.05, 4.69) is 0 Å². The van der Waals surface area contributed by atoms with Crippen LogP contribution in [0.5, 0.6) is 0 Å². The number of nitrogens with two attached hydrogens (primary N) is 1. The molecule has 0 fully saturated rings. The smallest absolute Gasteiger partial charge is 0.261 e. The van der Waals surface area contributed by atoms with Crippen molar-refractivity contribution in [3.05, 3.63) is 35.4 Å². The molecule has 4 heteroatoms. The molecule has 2 nitrogen and oxygen atoms in total. The Balaban J connectivity index is 2.40. The van der Waals surface area contributed by atoms with Gasteiger partial charge in [0.15, 0.2) is 0 Å². The van der Waals surface area contributed by atoms with Gasteiger partial charge in [0.2, 0.25) is 0 Å². The van der Waals surface area contributed by atoms with Crippen LogP contribution in [0.1, 0.15) is 17.2 Å². The maximum absolute atomic E-state index is 11.8. The van der Waals surface area contributed by atoms with Crippen LogP contribution in [0.4, 0.5) is 8.78 Å². The topological polar surface area (TPSA) is 35.2 Å². The number of alkyl halides is 2. The first kappa shape index (κ1) is 12.1. The molecule has 0 bridgehead atoms. The first-order chi connectivity index (χ1) is 7.09. The second kappa shape index (κ2) is 5.78. The van der Waals surface area contributed by atoms with Gasteiger partial charge in [-0.15, -0.1) is 0 Å². The number of hydrogen-bond donors (Lipinski definition) is 1. The lowest BCUT2D eigenvalue weighted by Crippen LogP contribution is -2.19. The van der Waals surface area contributed by atoms with Gasteiger partial charge in [-0.25, -0.2) is 8.78 Å². The van der Waals surface area contributed by atoms with E-state index in [0.717, 1.165) is 11.1 Å². The lowest BCUT2D eigenvalue weighted by molar-refractivity contribution is 0.0125. The first-order valence-electron chi connectivity index (χ1n) is 4.77. The summed E-state index contributed by atoms with van der Waals surface area (Å²) in [7, 11) is 0. The fraction of sp³-hybridized carbons (Fsp3) is 0.455. The molecule has 0 aromatic heterocycles. The highest BCUT2D eigenvalue weighted by Crippen LogP contribution is 2.11. The van der Waals surface area contributed by atoms with Gasteiger partial charge in [0.25, 0.3) is 6.43 Å². The minimum atomic E-state index is -2.43. The third-order valence-electron chi connectivity index (χ3n) is 2.05. The SMILES string of the molecule is Cc1ccc(C(N)COCC(F)F)cc1. The van der Waals surface area contributed by atoms with Gasteiger partial charge in [-0.1, -0.05) is 29.8 Å². The highest BCUT2D eigenvalue weighted by molar-refractivity contribution is 5.23. The number of aryl methyl sites for hydroxylation is 1. The summed E-state index contributed by atoms with van der Waals surface area (Å²) in [5.41, 5.74) is 7.80. The van der Waals surface area contributed by atoms with E-state index < -0.39 is 13.0 Å². The quantitative estimate of drug-likeness (QED) is 0.817. The van der Waals surface area contributed by atoms with Gasteiger partial charge < -0.3 is 10.5 Å². The van der Waals surface area contributed by atoms with E-state index in [1.165, 1.54) is 0 Å².